The number of benzene rings is 1. The van der Waals surface area contributed by atoms with Crippen molar-refractivity contribution >= 4 is 17.3 Å². The monoisotopic (exact) mass is 293 g/mol. The van der Waals surface area contributed by atoms with Crippen LogP contribution in [0.5, 0.6) is 0 Å². The second-order valence-electron chi connectivity index (χ2n) is 4.36. The zero-order chi connectivity index (χ0) is 15.8. The zero-order valence-corrected chi connectivity index (χ0v) is 11.2. The highest BCUT2D eigenvalue weighted by atomic mass is 16.6. The average molecular weight is 293 g/mol. The lowest BCUT2D eigenvalue weighted by Crippen LogP contribution is -2.14. The Balaban J connectivity index is 3.20. The summed E-state index contributed by atoms with van der Waals surface area (Å²) in [6, 6.07) is 3.76. The van der Waals surface area contributed by atoms with E-state index in [1.807, 2.05) is 0 Å². The van der Waals surface area contributed by atoms with E-state index in [4.69, 9.17) is 11.3 Å². The molecule has 0 saturated carbocycles. The molecule has 0 aliphatic rings. The van der Waals surface area contributed by atoms with Gasteiger partial charge in [-0.1, -0.05) is 23.7 Å². The second kappa shape index (κ2) is 7.83. The number of carboxylic acids is 1. The first-order valence-corrected chi connectivity index (χ1v) is 6.27. The molecular weight excluding hydrogens is 278 g/mol. The minimum atomic E-state index is -1.13. The average Bonchev–Trinajstić information content (AvgIpc) is 2.44. The largest absolute Gasteiger partial charge is 0.481 e. The summed E-state index contributed by atoms with van der Waals surface area (Å²) in [7, 11) is 0. The van der Waals surface area contributed by atoms with Crippen LogP contribution < -0.4 is 5.73 Å². The smallest absolute Gasteiger partial charge is 0.311 e. The highest BCUT2D eigenvalue weighted by Gasteiger charge is 2.27. The third-order valence-electron chi connectivity index (χ3n) is 2.99. The van der Waals surface area contributed by atoms with E-state index in [2.05, 4.69) is 10.0 Å². The van der Waals surface area contributed by atoms with Gasteiger partial charge in [0.15, 0.2) is 0 Å². The number of aliphatic carboxylic acids is 1. The maximum atomic E-state index is 11.3. The number of carbonyl (C=O) groups is 1. The van der Waals surface area contributed by atoms with Crippen LogP contribution in [0, 0.1) is 10.1 Å². The van der Waals surface area contributed by atoms with Gasteiger partial charge in [-0.25, -0.2) is 0 Å². The summed E-state index contributed by atoms with van der Waals surface area (Å²) < 4.78 is 0. The number of nitro benzene ring substituents is 1. The first kappa shape index (κ1) is 16.4. The summed E-state index contributed by atoms with van der Waals surface area (Å²) in [6.07, 6.45) is 1.46. The lowest BCUT2D eigenvalue weighted by molar-refractivity contribution is -0.385. The molecule has 1 aromatic carbocycles. The van der Waals surface area contributed by atoms with E-state index in [0.717, 1.165) is 6.07 Å². The van der Waals surface area contributed by atoms with E-state index in [1.165, 1.54) is 12.1 Å². The molecule has 3 N–H and O–H groups in total. The fourth-order valence-electron chi connectivity index (χ4n) is 2.00. The van der Waals surface area contributed by atoms with Gasteiger partial charge in [0.2, 0.25) is 0 Å². The number of nitro groups is 1. The molecule has 1 atom stereocenters. The van der Waals surface area contributed by atoms with Crippen LogP contribution >= 0.6 is 0 Å². The lowest BCUT2D eigenvalue weighted by Gasteiger charge is -2.13. The van der Waals surface area contributed by atoms with Gasteiger partial charge in [-0.05, 0) is 24.9 Å². The normalized spacial score (nSPS) is 11.5. The third kappa shape index (κ3) is 4.44. The Labute approximate surface area is 120 Å². The Kier molecular flexibility index (Phi) is 6.12. The van der Waals surface area contributed by atoms with Gasteiger partial charge in [-0.3, -0.25) is 14.9 Å². The van der Waals surface area contributed by atoms with Crippen LogP contribution in [-0.4, -0.2) is 22.5 Å². The van der Waals surface area contributed by atoms with E-state index in [1.54, 1.807) is 0 Å². The molecule has 21 heavy (non-hydrogen) atoms. The van der Waals surface area contributed by atoms with Crippen LogP contribution in [0.2, 0.25) is 0 Å². The van der Waals surface area contributed by atoms with Crippen molar-refractivity contribution in [1.82, 2.24) is 0 Å². The maximum Gasteiger partial charge on any atom is 0.311 e. The Bertz CT molecular complexity index is 583. The van der Waals surface area contributed by atoms with Crippen molar-refractivity contribution in [3.05, 3.63) is 44.3 Å². The number of unbranched alkanes of at least 4 members (excludes halogenated alkanes) is 1. The summed E-state index contributed by atoms with van der Waals surface area (Å²) >= 11 is 0. The molecule has 0 spiro atoms. The number of carboxylic acid groups (broad SMARTS) is 1. The van der Waals surface area contributed by atoms with Gasteiger partial charge in [0.05, 0.1) is 10.8 Å². The van der Waals surface area contributed by atoms with Gasteiger partial charge in [-0.2, -0.15) is 0 Å². The van der Waals surface area contributed by atoms with Gasteiger partial charge in [0.1, 0.15) is 0 Å². The van der Waals surface area contributed by atoms with Gasteiger partial charge in [0, 0.05) is 22.2 Å². The molecule has 0 fully saturated rings. The predicted octanol–water partition coefficient (Wildman–Crippen LogP) is 2.83. The molecular formula is C12H15N5O4. The van der Waals surface area contributed by atoms with Crippen LogP contribution in [0.25, 0.3) is 10.4 Å². The number of nitrogens with two attached hydrogens (primary N) is 1. The fraction of sp³-hybridized carbons (Fsp3) is 0.417. The number of nitrogens with zero attached hydrogens (tertiary/aromatic N) is 4. The first-order chi connectivity index (χ1) is 10.0. The summed E-state index contributed by atoms with van der Waals surface area (Å²) in [5.41, 5.74) is 13.5. The topological polar surface area (TPSA) is 155 Å². The zero-order valence-electron chi connectivity index (χ0n) is 11.2. The van der Waals surface area contributed by atoms with Crippen molar-refractivity contribution in [3.63, 3.8) is 0 Å². The molecule has 0 bridgehead atoms. The van der Waals surface area contributed by atoms with Crippen LogP contribution in [0.15, 0.2) is 23.3 Å². The van der Waals surface area contributed by atoms with E-state index < -0.39 is 16.8 Å². The van der Waals surface area contributed by atoms with Crippen molar-refractivity contribution in [2.24, 2.45) is 10.8 Å². The molecule has 0 aliphatic carbocycles. The molecule has 0 amide bonds. The van der Waals surface area contributed by atoms with Crippen molar-refractivity contribution in [3.8, 4) is 0 Å². The molecule has 0 aliphatic heterocycles. The molecule has 0 saturated heterocycles. The molecule has 0 aromatic heterocycles. The van der Waals surface area contributed by atoms with Gasteiger partial charge >= 0.3 is 5.97 Å². The third-order valence-corrected chi connectivity index (χ3v) is 2.99. The maximum absolute atomic E-state index is 11.3. The number of rotatable bonds is 8. The number of hydrogen-bond acceptors (Lipinski definition) is 5. The highest BCUT2D eigenvalue weighted by Crippen LogP contribution is 2.33. The van der Waals surface area contributed by atoms with Crippen molar-refractivity contribution in [2.75, 3.05) is 6.54 Å². The fourth-order valence-corrected chi connectivity index (χ4v) is 2.00. The number of azide groups is 1. The Morgan fingerprint density at radius 2 is 2.24 bits per heavy atom. The molecule has 1 aromatic rings. The van der Waals surface area contributed by atoms with Crippen LogP contribution in [0.4, 0.5) is 11.4 Å². The van der Waals surface area contributed by atoms with Crippen molar-refractivity contribution in [1.29, 1.82) is 0 Å². The van der Waals surface area contributed by atoms with Gasteiger partial charge in [-0.15, -0.1) is 0 Å². The summed E-state index contributed by atoms with van der Waals surface area (Å²) in [4.78, 5) is 24.3. The molecule has 9 heteroatoms. The van der Waals surface area contributed by atoms with E-state index in [-0.39, 0.29) is 23.4 Å². The SMILES string of the molecule is [N-]=[N+]=Nc1ccc(C(CCCCN)C(=O)O)c([N+](=O)[O-])c1. The van der Waals surface area contributed by atoms with Crippen LogP contribution in [0.3, 0.4) is 0 Å². The number of hydrogen-bond donors (Lipinski definition) is 2. The van der Waals surface area contributed by atoms with Gasteiger partial charge in [0.25, 0.3) is 5.69 Å². The lowest BCUT2D eigenvalue weighted by atomic mass is 9.92. The molecule has 9 nitrogen and oxygen atoms in total. The highest BCUT2D eigenvalue weighted by molar-refractivity contribution is 5.78. The van der Waals surface area contributed by atoms with Crippen LogP contribution in [0.1, 0.15) is 30.7 Å². The summed E-state index contributed by atoms with van der Waals surface area (Å²) in [5, 5.41) is 23.6. The summed E-state index contributed by atoms with van der Waals surface area (Å²) in [5.74, 6) is -2.12. The Hall–Kier alpha value is -2.64. The Morgan fingerprint density at radius 1 is 1.52 bits per heavy atom. The molecule has 1 unspecified atom stereocenters. The molecule has 1 rings (SSSR count). The van der Waals surface area contributed by atoms with Crippen molar-refractivity contribution < 1.29 is 14.8 Å². The van der Waals surface area contributed by atoms with E-state index >= 15 is 0 Å². The first-order valence-electron chi connectivity index (χ1n) is 6.27. The molecule has 0 heterocycles. The van der Waals surface area contributed by atoms with Crippen molar-refractivity contribution in [2.45, 2.75) is 25.2 Å². The van der Waals surface area contributed by atoms with Crippen LogP contribution in [-0.2, 0) is 4.79 Å². The molecule has 112 valence electrons. The Morgan fingerprint density at radius 3 is 2.76 bits per heavy atom. The second-order valence-corrected chi connectivity index (χ2v) is 4.36. The minimum absolute atomic E-state index is 0.0686. The predicted molar refractivity (Wildman–Crippen MR) is 75.2 cm³/mol. The summed E-state index contributed by atoms with van der Waals surface area (Å²) in [6.45, 7) is 0.435. The quantitative estimate of drug-likeness (QED) is 0.188. The van der Waals surface area contributed by atoms with E-state index in [0.29, 0.717) is 19.4 Å². The standard InChI is InChI=1S/C12H15N5O4/c13-6-2-1-3-10(12(18)19)9-5-4-8(15-16-14)7-11(9)17(20)21/h4-5,7,10H,1-3,6,13H2,(H,18,19). The molecule has 0 radical (unpaired) electrons. The van der Waals surface area contributed by atoms with E-state index in [9.17, 15) is 20.0 Å². The minimum Gasteiger partial charge on any atom is -0.481 e. The van der Waals surface area contributed by atoms with Gasteiger partial charge < -0.3 is 10.8 Å².